The molecular weight excluding hydrogens is 280 g/mol. The second-order valence-corrected chi connectivity index (χ2v) is 7.94. The first-order valence-electron chi connectivity index (χ1n) is 6.02. The summed E-state index contributed by atoms with van der Waals surface area (Å²) in [5, 5.41) is 4.28. The summed E-state index contributed by atoms with van der Waals surface area (Å²) < 4.78 is 24.1. The second kappa shape index (κ2) is 4.70. The predicted molar refractivity (Wildman–Crippen MR) is 74.9 cm³/mol. The molecule has 0 saturated carbocycles. The molecule has 0 spiro atoms. The molecule has 2 heterocycles. The van der Waals surface area contributed by atoms with E-state index in [0.29, 0.717) is 11.4 Å². The van der Waals surface area contributed by atoms with Gasteiger partial charge in [-0.05, 0) is 18.6 Å². The molecule has 3 rings (SSSR count). The summed E-state index contributed by atoms with van der Waals surface area (Å²) >= 11 is 1.63. The Balaban J connectivity index is 1.80. The molecule has 0 bridgehead atoms. The van der Waals surface area contributed by atoms with E-state index in [1.165, 1.54) is 0 Å². The summed E-state index contributed by atoms with van der Waals surface area (Å²) in [6.45, 7) is 2.61. The van der Waals surface area contributed by atoms with Crippen molar-refractivity contribution in [3.8, 4) is 0 Å². The summed E-state index contributed by atoms with van der Waals surface area (Å²) in [5.74, 6) is 0.136. The largest absolute Gasteiger partial charge is 0.303 e. The lowest BCUT2D eigenvalue weighted by atomic mass is 10.1. The van der Waals surface area contributed by atoms with Crippen molar-refractivity contribution < 1.29 is 8.42 Å². The number of nitrogens with zero attached hydrogens (tertiary/aromatic N) is 1. The Morgan fingerprint density at radius 3 is 2.95 bits per heavy atom. The van der Waals surface area contributed by atoms with Crippen LogP contribution in [0, 0.1) is 6.92 Å². The smallest absolute Gasteiger partial charge is 0.180 e. The topological polar surface area (TPSA) is 59.1 Å². The number of hydrogen-bond acceptors (Lipinski definition) is 5. The molecule has 1 aromatic heterocycles. The Hall–Kier alpha value is -1.24. The van der Waals surface area contributed by atoms with Crippen molar-refractivity contribution in [3.05, 3.63) is 45.9 Å². The van der Waals surface area contributed by atoms with Gasteiger partial charge in [-0.3, -0.25) is 0 Å². The first-order chi connectivity index (χ1) is 9.06. The molecule has 1 aromatic carbocycles. The van der Waals surface area contributed by atoms with Gasteiger partial charge in [0.15, 0.2) is 9.84 Å². The summed E-state index contributed by atoms with van der Waals surface area (Å²) in [6, 6.07) is 7.07. The van der Waals surface area contributed by atoms with Gasteiger partial charge in [0.25, 0.3) is 0 Å². The van der Waals surface area contributed by atoms with Crippen molar-refractivity contribution in [3.63, 3.8) is 0 Å². The van der Waals surface area contributed by atoms with Crippen LogP contribution < -0.4 is 5.32 Å². The van der Waals surface area contributed by atoms with Crippen LogP contribution >= 0.6 is 11.3 Å². The summed E-state index contributed by atoms with van der Waals surface area (Å²) in [5.41, 5.74) is 0.871. The van der Waals surface area contributed by atoms with E-state index in [1.54, 1.807) is 23.5 Å². The number of sulfone groups is 1. The molecule has 1 unspecified atom stereocenters. The Kier molecular flexibility index (Phi) is 3.16. The molecule has 2 aromatic rings. The minimum Gasteiger partial charge on any atom is -0.303 e. The maximum absolute atomic E-state index is 12.0. The molecule has 1 aliphatic rings. The number of aromatic nitrogens is 1. The highest BCUT2D eigenvalue weighted by molar-refractivity contribution is 7.91. The third-order valence-corrected chi connectivity index (χ3v) is 5.91. The highest BCUT2D eigenvalue weighted by atomic mass is 32.2. The molecule has 19 heavy (non-hydrogen) atoms. The molecule has 100 valence electrons. The molecule has 4 nitrogen and oxygen atoms in total. The van der Waals surface area contributed by atoms with Gasteiger partial charge in [0, 0.05) is 23.7 Å². The Morgan fingerprint density at radius 2 is 2.21 bits per heavy atom. The lowest BCUT2D eigenvalue weighted by Crippen LogP contribution is -2.22. The second-order valence-electron chi connectivity index (χ2n) is 4.62. The first-order valence-corrected chi connectivity index (χ1v) is 8.49. The summed E-state index contributed by atoms with van der Waals surface area (Å²) in [7, 11) is -3.13. The average Bonchev–Trinajstić information content (AvgIpc) is 2.90. The van der Waals surface area contributed by atoms with Crippen molar-refractivity contribution in [1.82, 2.24) is 10.3 Å². The van der Waals surface area contributed by atoms with Crippen LogP contribution in [0.3, 0.4) is 0 Å². The van der Waals surface area contributed by atoms with Crippen molar-refractivity contribution in [2.45, 2.75) is 24.4 Å². The van der Waals surface area contributed by atoms with Gasteiger partial charge < -0.3 is 5.32 Å². The maximum Gasteiger partial charge on any atom is 0.180 e. The van der Waals surface area contributed by atoms with Gasteiger partial charge >= 0.3 is 0 Å². The molecule has 0 aliphatic carbocycles. The monoisotopic (exact) mass is 294 g/mol. The zero-order valence-corrected chi connectivity index (χ0v) is 12.1. The zero-order valence-electron chi connectivity index (χ0n) is 10.5. The molecule has 1 atom stereocenters. The van der Waals surface area contributed by atoms with Gasteiger partial charge in [0.05, 0.1) is 10.6 Å². The fourth-order valence-corrected chi connectivity index (χ4v) is 4.82. The quantitative estimate of drug-likeness (QED) is 0.941. The van der Waals surface area contributed by atoms with Crippen molar-refractivity contribution in [2.24, 2.45) is 0 Å². The predicted octanol–water partition coefficient (Wildman–Crippen LogP) is 2.07. The maximum atomic E-state index is 12.0. The van der Waals surface area contributed by atoms with E-state index in [2.05, 4.69) is 10.3 Å². The van der Waals surface area contributed by atoms with Crippen LogP contribution in [0.15, 0.2) is 35.4 Å². The van der Waals surface area contributed by atoms with Crippen LogP contribution in [-0.4, -0.2) is 19.2 Å². The molecule has 0 fully saturated rings. The van der Waals surface area contributed by atoms with Gasteiger partial charge in [0.1, 0.15) is 5.01 Å². The number of nitrogens with one attached hydrogen (secondary N) is 1. The van der Waals surface area contributed by atoms with Crippen LogP contribution in [0.2, 0.25) is 0 Å². The van der Waals surface area contributed by atoms with Crippen LogP contribution in [0.5, 0.6) is 0 Å². The molecule has 0 radical (unpaired) electrons. The summed E-state index contributed by atoms with van der Waals surface area (Å²) in [6.07, 6.45) is 1.83. The molecular formula is C13H14N2O2S2. The zero-order chi connectivity index (χ0) is 13.5. The fraction of sp³-hybridized carbons (Fsp3) is 0.308. The molecule has 1 N–H and O–H groups in total. The van der Waals surface area contributed by atoms with E-state index in [-0.39, 0.29) is 11.8 Å². The molecule has 1 aliphatic heterocycles. The van der Waals surface area contributed by atoms with E-state index in [4.69, 9.17) is 0 Å². The number of hydrogen-bond donors (Lipinski definition) is 1. The van der Waals surface area contributed by atoms with Gasteiger partial charge in [-0.2, -0.15) is 0 Å². The van der Waals surface area contributed by atoms with E-state index in [1.807, 2.05) is 25.3 Å². The molecule has 6 heteroatoms. The number of rotatable bonds is 3. The van der Waals surface area contributed by atoms with Gasteiger partial charge in [-0.25, -0.2) is 13.4 Å². The van der Waals surface area contributed by atoms with Crippen molar-refractivity contribution in [2.75, 3.05) is 5.75 Å². The lowest BCUT2D eigenvalue weighted by Gasteiger charge is -2.10. The Morgan fingerprint density at radius 1 is 1.42 bits per heavy atom. The normalized spacial score (nSPS) is 20.4. The van der Waals surface area contributed by atoms with Crippen LogP contribution in [-0.2, 0) is 16.4 Å². The number of benzene rings is 1. The third kappa shape index (κ3) is 2.43. The van der Waals surface area contributed by atoms with E-state index in [0.717, 1.165) is 15.4 Å². The number of fused-ring (bicyclic) bond motifs is 1. The average molecular weight is 294 g/mol. The molecule has 0 amide bonds. The SMILES string of the molecule is Cc1cnc(CNC2CS(=O)(=O)c3ccccc32)s1. The van der Waals surface area contributed by atoms with Crippen molar-refractivity contribution >= 4 is 21.2 Å². The van der Waals surface area contributed by atoms with E-state index >= 15 is 0 Å². The van der Waals surface area contributed by atoms with Crippen molar-refractivity contribution in [1.29, 1.82) is 0 Å². The minimum atomic E-state index is -3.13. The van der Waals surface area contributed by atoms with Gasteiger partial charge in [-0.1, -0.05) is 18.2 Å². The van der Waals surface area contributed by atoms with E-state index in [9.17, 15) is 8.42 Å². The number of aryl methyl sites for hydroxylation is 1. The fourth-order valence-electron chi connectivity index (χ4n) is 2.31. The van der Waals surface area contributed by atoms with Gasteiger partial charge in [-0.15, -0.1) is 11.3 Å². The third-order valence-electron chi connectivity index (χ3n) is 3.18. The lowest BCUT2D eigenvalue weighted by molar-refractivity contribution is 0.565. The Bertz CT molecular complexity index is 707. The highest BCUT2D eigenvalue weighted by Crippen LogP contribution is 2.33. The van der Waals surface area contributed by atoms with Crippen LogP contribution in [0.25, 0.3) is 0 Å². The molecule has 0 saturated heterocycles. The highest BCUT2D eigenvalue weighted by Gasteiger charge is 2.33. The standard InChI is InChI=1S/C13H14N2O2S2/c1-9-6-15-13(18-9)7-14-11-8-19(16,17)12-5-3-2-4-10(11)12/h2-6,11,14H,7-8H2,1H3. The number of thiazole rings is 1. The summed E-state index contributed by atoms with van der Waals surface area (Å²) in [4.78, 5) is 5.90. The van der Waals surface area contributed by atoms with E-state index < -0.39 is 9.84 Å². The first kappa shape index (κ1) is 12.8. The Labute approximate surface area is 116 Å². The minimum absolute atomic E-state index is 0.134. The van der Waals surface area contributed by atoms with Crippen LogP contribution in [0.4, 0.5) is 0 Å². The van der Waals surface area contributed by atoms with Crippen LogP contribution in [0.1, 0.15) is 21.5 Å². The van der Waals surface area contributed by atoms with Gasteiger partial charge in [0.2, 0.25) is 0 Å².